The number of hydrogen-bond acceptors (Lipinski definition) is 8. The van der Waals surface area contributed by atoms with Gasteiger partial charge in [0, 0.05) is 25.8 Å². The first-order valence-electron chi connectivity index (χ1n) is 12.6. The monoisotopic (exact) mass is 477 g/mol. The third-order valence-electron chi connectivity index (χ3n) is 8.24. The van der Waals surface area contributed by atoms with Crippen LogP contribution in [0.15, 0.2) is 42.7 Å². The summed E-state index contributed by atoms with van der Waals surface area (Å²) in [6.45, 7) is 2.66. The van der Waals surface area contributed by atoms with Crippen molar-refractivity contribution in [1.29, 1.82) is 5.26 Å². The molecule has 0 amide bonds. The van der Waals surface area contributed by atoms with Crippen molar-refractivity contribution in [2.75, 3.05) is 35.3 Å². The minimum Gasteiger partial charge on any atom is -0.355 e. The van der Waals surface area contributed by atoms with Gasteiger partial charge < -0.3 is 15.6 Å². The molecular formula is C27H27N9. The summed E-state index contributed by atoms with van der Waals surface area (Å²) in [6, 6.07) is 12.6. The fraction of sp³-hybridized carbons (Fsp3) is 0.370. The average Bonchev–Trinajstić information content (AvgIpc) is 3.45. The van der Waals surface area contributed by atoms with Gasteiger partial charge in [0.2, 0.25) is 5.65 Å². The second-order valence-electron chi connectivity index (χ2n) is 10.3. The Balaban J connectivity index is 1.14. The highest BCUT2D eigenvalue weighted by Gasteiger charge is 2.41. The molecule has 7 rings (SSSR count). The lowest BCUT2D eigenvalue weighted by Crippen LogP contribution is -2.41. The zero-order valence-corrected chi connectivity index (χ0v) is 20.1. The van der Waals surface area contributed by atoms with E-state index in [-0.39, 0.29) is 5.41 Å². The SMILES string of the molecule is N#Cc1cccc2c1CC1(CCN(c3cnc4c(N5CCCc6ncccc65)nn(N)c4n3)CC1)C2. The van der Waals surface area contributed by atoms with Gasteiger partial charge in [-0.25, -0.2) is 9.97 Å². The molecule has 5 heterocycles. The van der Waals surface area contributed by atoms with Gasteiger partial charge in [0.05, 0.1) is 29.2 Å². The second kappa shape index (κ2) is 7.92. The number of aryl methyl sites for hydroxylation is 1. The molecule has 2 aliphatic heterocycles. The molecule has 180 valence electrons. The third kappa shape index (κ3) is 3.21. The molecule has 1 aliphatic carbocycles. The fourth-order valence-electron chi connectivity index (χ4n) is 6.35. The largest absolute Gasteiger partial charge is 0.355 e. The number of fused-ring (bicyclic) bond motifs is 3. The Labute approximate surface area is 209 Å². The molecule has 0 bridgehead atoms. The van der Waals surface area contributed by atoms with E-state index < -0.39 is 0 Å². The zero-order chi connectivity index (χ0) is 24.3. The van der Waals surface area contributed by atoms with E-state index in [0.717, 1.165) is 86.7 Å². The van der Waals surface area contributed by atoms with Crippen molar-refractivity contribution in [3.63, 3.8) is 0 Å². The number of rotatable bonds is 2. The summed E-state index contributed by atoms with van der Waals surface area (Å²) >= 11 is 0. The number of anilines is 3. The standard InChI is InChI=1S/C27H27N9/c28-16-19-5-1-4-18-14-27(15-20(18)19)8-12-34(13-9-27)23-17-31-24-25(32-23)36(29)33-26(24)35-11-3-6-21-22(35)7-2-10-30-21/h1-2,4-5,7,10,17H,3,6,8-9,11-15,29H2. The lowest BCUT2D eigenvalue weighted by molar-refractivity contribution is 0.232. The highest BCUT2D eigenvalue weighted by atomic mass is 15.5. The lowest BCUT2D eigenvalue weighted by Gasteiger charge is -2.39. The first kappa shape index (κ1) is 21.1. The van der Waals surface area contributed by atoms with E-state index in [0.29, 0.717) is 11.2 Å². The average molecular weight is 478 g/mol. The fourth-order valence-corrected chi connectivity index (χ4v) is 6.35. The summed E-state index contributed by atoms with van der Waals surface area (Å²) in [5, 5.41) is 14.1. The lowest BCUT2D eigenvalue weighted by atomic mass is 9.76. The Hall–Kier alpha value is -4.19. The smallest absolute Gasteiger partial charge is 0.203 e. The Morgan fingerprint density at radius 1 is 1.03 bits per heavy atom. The Bertz CT molecular complexity index is 1520. The van der Waals surface area contributed by atoms with Crippen LogP contribution in [-0.4, -0.2) is 44.5 Å². The van der Waals surface area contributed by atoms with Gasteiger partial charge in [-0.2, -0.15) is 10.1 Å². The van der Waals surface area contributed by atoms with E-state index in [1.807, 2.05) is 30.6 Å². The first-order valence-corrected chi connectivity index (χ1v) is 12.6. The van der Waals surface area contributed by atoms with Gasteiger partial charge in [-0.1, -0.05) is 12.1 Å². The molecule has 0 atom stereocenters. The van der Waals surface area contributed by atoms with Crippen LogP contribution in [0, 0.1) is 16.7 Å². The van der Waals surface area contributed by atoms with Crippen LogP contribution in [0.2, 0.25) is 0 Å². The van der Waals surface area contributed by atoms with Crippen LogP contribution in [0.5, 0.6) is 0 Å². The van der Waals surface area contributed by atoms with E-state index in [1.54, 1.807) is 0 Å². The number of benzene rings is 1. The maximum atomic E-state index is 9.52. The molecule has 3 aliphatic rings. The molecule has 1 aromatic carbocycles. The number of nitrogens with zero attached hydrogens (tertiary/aromatic N) is 8. The van der Waals surface area contributed by atoms with Gasteiger partial charge in [0.1, 0.15) is 5.82 Å². The van der Waals surface area contributed by atoms with Crippen molar-refractivity contribution in [3.8, 4) is 6.07 Å². The number of aromatic nitrogens is 5. The predicted octanol–water partition coefficient (Wildman–Crippen LogP) is 3.28. The van der Waals surface area contributed by atoms with Crippen LogP contribution in [0.1, 0.15) is 41.6 Å². The number of piperidine rings is 1. The zero-order valence-electron chi connectivity index (χ0n) is 20.1. The quantitative estimate of drug-likeness (QED) is 0.438. The molecule has 0 unspecified atom stereocenters. The Morgan fingerprint density at radius 2 is 1.92 bits per heavy atom. The molecule has 4 aromatic rings. The van der Waals surface area contributed by atoms with Crippen molar-refractivity contribution in [3.05, 3.63) is 65.1 Å². The van der Waals surface area contributed by atoms with Crippen molar-refractivity contribution >= 4 is 28.5 Å². The summed E-state index contributed by atoms with van der Waals surface area (Å²) in [7, 11) is 0. The molecule has 1 fully saturated rings. The minimum atomic E-state index is 0.238. The first-order chi connectivity index (χ1) is 17.6. The third-order valence-corrected chi connectivity index (χ3v) is 8.24. The van der Waals surface area contributed by atoms with Crippen LogP contribution >= 0.6 is 0 Å². The van der Waals surface area contributed by atoms with Crippen LogP contribution in [0.4, 0.5) is 17.3 Å². The van der Waals surface area contributed by atoms with E-state index >= 15 is 0 Å². The highest BCUT2D eigenvalue weighted by molar-refractivity contribution is 5.88. The second-order valence-corrected chi connectivity index (χ2v) is 10.3. The summed E-state index contributed by atoms with van der Waals surface area (Å²) in [5.74, 6) is 7.86. The summed E-state index contributed by atoms with van der Waals surface area (Å²) in [5.41, 5.74) is 7.11. The van der Waals surface area contributed by atoms with Gasteiger partial charge in [0.25, 0.3) is 0 Å². The number of pyridine rings is 1. The summed E-state index contributed by atoms with van der Waals surface area (Å²) in [4.78, 5) is 20.1. The molecule has 9 nitrogen and oxygen atoms in total. The van der Waals surface area contributed by atoms with Crippen LogP contribution < -0.4 is 15.6 Å². The van der Waals surface area contributed by atoms with E-state index in [1.165, 1.54) is 15.9 Å². The van der Waals surface area contributed by atoms with Crippen LogP contribution in [0.3, 0.4) is 0 Å². The van der Waals surface area contributed by atoms with Crippen molar-refractivity contribution in [2.45, 2.75) is 38.5 Å². The van der Waals surface area contributed by atoms with E-state index in [9.17, 15) is 5.26 Å². The van der Waals surface area contributed by atoms with Gasteiger partial charge in [-0.05, 0) is 73.3 Å². The number of nitrogen functional groups attached to an aromatic ring is 1. The molecule has 36 heavy (non-hydrogen) atoms. The number of nitrogens with two attached hydrogens (primary N) is 1. The van der Waals surface area contributed by atoms with Crippen LogP contribution in [-0.2, 0) is 19.3 Å². The summed E-state index contributed by atoms with van der Waals surface area (Å²) in [6.07, 6.45) is 9.85. The van der Waals surface area contributed by atoms with Crippen molar-refractivity contribution in [1.82, 2.24) is 24.8 Å². The number of nitriles is 1. The van der Waals surface area contributed by atoms with Crippen molar-refractivity contribution in [2.24, 2.45) is 5.41 Å². The molecule has 1 spiro atoms. The maximum absolute atomic E-state index is 9.52. The van der Waals surface area contributed by atoms with Gasteiger partial charge in [-0.3, -0.25) is 4.98 Å². The van der Waals surface area contributed by atoms with E-state index in [4.69, 9.17) is 15.8 Å². The Morgan fingerprint density at radius 3 is 2.78 bits per heavy atom. The van der Waals surface area contributed by atoms with Crippen LogP contribution in [0.25, 0.3) is 11.2 Å². The van der Waals surface area contributed by atoms with Gasteiger partial charge in [-0.15, -0.1) is 5.10 Å². The molecule has 0 radical (unpaired) electrons. The minimum absolute atomic E-state index is 0.238. The maximum Gasteiger partial charge on any atom is 0.203 e. The Kier molecular flexibility index (Phi) is 4.64. The molecule has 2 N–H and O–H groups in total. The molecule has 1 saturated heterocycles. The topological polar surface area (TPSA) is 113 Å². The molecule has 0 saturated carbocycles. The van der Waals surface area contributed by atoms with Gasteiger partial charge in [0.15, 0.2) is 11.3 Å². The van der Waals surface area contributed by atoms with Gasteiger partial charge >= 0.3 is 0 Å². The van der Waals surface area contributed by atoms with Crippen molar-refractivity contribution < 1.29 is 0 Å². The molecular weight excluding hydrogens is 450 g/mol. The highest BCUT2D eigenvalue weighted by Crippen LogP contribution is 2.46. The summed E-state index contributed by atoms with van der Waals surface area (Å²) < 4.78 is 0. The normalized spacial score (nSPS) is 18.3. The molecule has 9 heteroatoms. The molecule has 3 aromatic heterocycles. The van der Waals surface area contributed by atoms with E-state index in [2.05, 4.69) is 38.1 Å². The predicted molar refractivity (Wildman–Crippen MR) is 137 cm³/mol. The number of hydrogen-bond donors (Lipinski definition) is 1.